The molecule has 0 aromatic heterocycles. The predicted octanol–water partition coefficient (Wildman–Crippen LogP) is 2.24. The van der Waals surface area contributed by atoms with Gasteiger partial charge in [0.2, 0.25) is 0 Å². The summed E-state index contributed by atoms with van der Waals surface area (Å²) in [7, 11) is 1.57. The standard InChI is InChI=1S/C17H25ClN2O2/c1-11-7-12(2)10-20(9-11)13(3)17(21)19-14-5-6-16(22-4)15(18)8-14/h5-6,8,11-13H,7,9-10H2,1-4H3,(H,19,21)/p+1/t11-,12-,13+/m1/s1. The Kier molecular flexibility index (Phi) is 5.70. The zero-order valence-electron chi connectivity index (χ0n) is 13.8. The molecule has 1 aromatic carbocycles. The number of anilines is 1. The van der Waals surface area contributed by atoms with Crippen molar-refractivity contribution in [3.05, 3.63) is 23.2 Å². The van der Waals surface area contributed by atoms with Crippen molar-refractivity contribution in [3.63, 3.8) is 0 Å². The molecule has 1 amide bonds. The molecule has 0 spiro atoms. The molecule has 0 aliphatic carbocycles. The highest BCUT2D eigenvalue weighted by Gasteiger charge is 2.32. The molecule has 0 unspecified atom stereocenters. The molecular formula is C17H26ClN2O2+. The summed E-state index contributed by atoms with van der Waals surface area (Å²) in [5, 5.41) is 3.46. The van der Waals surface area contributed by atoms with Crippen LogP contribution < -0.4 is 15.0 Å². The first kappa shape index (κ1) is 17.1. The van der Waals surface area contributed by atoms with Gasteiger partial charge in [-0.1, -0.05) is 25.4 Å². The van der Waals surface area contributed by atoms with Gasteiger partial charge >= 0.3 is 0 Å². The smallest absolute Gasteiger partial charge is 0.282 e. The molecule has 1 fully saturated rings. The minimum Gasteiger partial charge on any atom is -0.495 e. The number of hydrogen-bond donors (Lipinski definition) is 2. The molecule has 1 saturated heterocycles. The summed E-state index contributed by atoms with van der Waals surface area (Å²) in [5.41, 5.74) is 0.708. The van der Waals surface area contributed by atoms with Gasteiger partial charge in [-0.3, -0.25) is 4.79 Å². The van der Waals surface area contributed by atoms with E-state index in [2.05, 4.69) is 19.2 Å². The van der Waals surface area contributed by atoms with Gasteiger partial charge < -0.3 is 15.0 Å². The lowest BCUT2D eigenvalue weighted by atomic mass is 9.91. The molecule has 2 N–H and O–H groups in total. The minimum absolute atomic E-state index is 0.0394. The Hall–Kier alpha value is -1.26. The van der Waals surface area contributed by atoms with Gasteiger partial charge in [0.25, 0.3) is 5.91 Å². The van der Waals surface area contributed by atoms with E-state index < -0.39 is 0 Å². The Balaban J connectivity index is 2.00. The Morgan fingerprint density at radius 3 is 2.55 bits per heavy atom. The summed E-state index contributed by atoms with van der Waals surface area (Å²) in [5.74, 6) is 1.99. The molecule has 122 valence electrons. The number of nitrogens with one attached hydrogen (secondary N) is 2. The summed E-state index contributed by atoms with van der Waals surface area (Å²) in [6.07, 6.45) is 1.26. The second kappa shape index (κ2) is 7.34. The van der Waals surface area contributed by atoms with E-state index in [1.54, 1.807) is 19.2 Å². The van der Waals surface area contributed by atoms with E-state index in [0.717, 1.165) is 13.1 Å². The number of rotatable bonds is 4. The molecule has 1 heterocycles. The van der Waals surface area contributed by atoms with E-state index in [0.29, 0.717) is 28.3 Å². The van der Waals surface area contributed by atoms with Crippen LogP contribution >= 0.6 is 11.6 Å². The van der Waals surface area contributed by atoms with Crippen LogP contribution in [0.1, 0.15) is 27.2 Å². The summed E-state index contributed by atoms with van der Waals surface area (Å²) >= 11 is 6.10. The number of carbonyl (C=O) groups is 1. The molecule has 1 aliphatic rings. The highest BCUT2D eigenvalue weighted by Crippen LogP contribution is 2.27. The van der Waals surface area contributed by atoms with Gasteiger partial charge in [-0.2, -0.15) is 0 Å². The molecule has 0 saturated carbocycles. The van der Waals surface area contributed by atoms with E-state index >= 15 is 0 Å². The third-order valence-corrected chi connectivity index (χ3v) is 4.75. The first-order valence-corrected chi connectivity index (χ1v) is 8.27. The lowest BCUT2D eigenvalue weighted by molar-refractivity contribution is -0.925. The van der Waals surface area contributed by atoms with Crippen LogP contribution in [0.3, 0.4) is 0 Å². The van der Waals surface area contributed by atoms with Crippen LogP contribution in [0.25, 0.3) is 0 Å². The average Bonchev–Trinajstić information content (AvgIpc) is 2.45. The van der Waals surface area contributed by atoms with Gasteiger partial charge in [0.1, 0.15) is 5.75 Å². The van der Waals surface area contributed by atoms with Gasteiger partial charge in [0, 0.05) is 17.5 Å². The topological polar surface area (TPSA) is 42.8 Å². The second-order valence-electron chi connectivity index (χ2n) is 6.57. The van der Waals surface area contributed by atoms with Gasteiger partial charge in [0.15, 0.2) is 6.04 Å². The SMILES string of the molecule is COc1ccc(NC(=O)[C@H](C)[NH+]2C[C@H](C)C[C@@H](C)C2)cc1Cl. The first-order valence-electron chi connectivity index (χ1n) is 7.89. The van der Waals surface area contributed by atoms with E-state index in [1.165, 1.54) is 11.3 Å². The third-order valence-electron chi connectivity index (χ3n) is 4.45. The Morgan fingerprint density at radius 2 is 2.00 bits per heavy atom. The largest absolute Gasteiger partial charge is 0.495 e. The Labute approximate surface area is 137 Å². The van der Waals surface area contributed by atoms with Gasteiger partial charge in [-0.25, -0.2) is 0 Å². The number of hydrogen-bond acceptors (Lipinski definition) is 2. The molecule has 0 radical (unpaired) electrons. The molecule has 3 atom stereocenters. The van der Waals surface area contributed by atoms with Crippen molar-refractivity contribution >= 4 is 23.2 Å². The summed E-state index contributed by atoms with van der Waals surface area (Å²) in [6, 6.07) is 5.24. The van der Waals surface area contributed by atoms with E-state index in [1.807, 2.05) is 13.0 Å². The minimum atomic E-state index is -0.0638. The van der Waals surface area contributed by atoms with Crippen LogP contribution in [-0.4, -0.2) is 32.1 Å². The van der Waals surface area contributed by atoms with Crippen molar-refractivity contribution in [2.45, 2.75) is 33.2 Å². The lowest BCUT2D eigenvalue weighted by Crippen LogP contribution is -3.18. The summed E-state index contributed by atoms with van der Waals surface area (Å²) in [4.78, 5) is 13.8. The molecule has 1 aliphatic heterocycles. The Bertz CT molecular complexity index is 525. The van der Waals surface area contributed by atoms with Gasteiger partial charge in [-0.05, 0) is 31.5 Å². The van der Waals surface area contributed by atoms with Gasteiger partial charge in [-0.15, -0.1) is 0 Å². The fourth-order valence-corrected chi connectivity index (χ4v) is 3.62. The van der Waals surface area contributed by atoms with E-state index in [9.17, 15) is 4.79 Å². The van der Waals surface area contributed by atoms with Crippen LogP contribution in [0, 0.1) is 11.8 Å². The van der Waals surface area contributed by atoms with Gasteiger partial charge in [0.05, 0.1) is 25.2 Å². The Morgan fingerprint density at radius 1 is 1.36 bits per heavy atom. The number of ether oxygens (including phenoxy) is 1. The van der Waals surface area contributed by atoms with E-state index in [-0.39, 0.29) is 11.9 Å². The van der Waals surface area contributed by atoms with Crippen LogP contribution in [0.2, 0.25) is 5.02 Å². The van der Waals surface area contributed by atoms with Crippen molar-refractivity contribution in [2.24, 2.45) is 11.8 Å². The maximum atomic E-state index is 12.5. The molecule has 22 heavy (non-hydrogen) atoms. The highest BCUT2D eigenvalue weighted by molar-refractivity contribution is 6.32. The maximum Gasteiger partial charge on any atom is 0.282 e. The number of piperidine rings is 1. The number of likely N-dealkylation sites (tertiary alicyclic amines) is 1. The van der Waals surface area contributed by atoms with Crippen LogP contribution in [0.5, 0.6) is 5.75 Å². The monoisotopic (exact) mass is 325 g/mol. The van der Waals surface area contributed by atoms with E-state index in [4.69, 9.17) is 16.3 Å². The van der Waals surface area contributed by atoms with Crippen LogP contribution in [-0.2, 0) is 4.79 Å². The summed E-state index contributed by atoms with van der Waals surface area (Å²) in [6.45, 7) is 8.65. The highest BCUT2D eigenvalue weighted by atomic mass is 35.5. The molecule has 2 rings (SSSR count). The fraction of sp³-hybridized carbons (Fsp3) is 0.588. The lowest BCUT2D eigenvalue weighted by Gasteiger charge is -2.35. The zero-order chi connectivity index (χ0) is 16.3. The van der Waals surface area contributed by atoms with Crippen molar-refractivity contribution in [2.75, 3.05) is 25.5 Å². The first-order chi connectivity index (χ1) is 10.4. The van der Waals surface area contributed by atoms with Crippen LogP contribution in [0.15, 0.2) is 18.2 Å². The number of halogens is 1. The van der Waals surface area contributed by atoms with Crippen LogP contribution in [0.4, 0.5) is 5.69 Å². The average molecular weight is 326 g/mol. The maximum absolute atomic E-state index is 12.5. The molecule has 5 heteroatoms. The summed E-state index contributed by atoms with van der Waals surface area (Å²) < 4.78 is 5.12. The number of carbonyl (C=O) groups excluding carboxylic acids is 1. The molecular weight excluding hydrogens is 300 g/mol. The number of methoxy groups -OCH3 is 1. The normalized spacial score (nSPS) is 26.3. The molecule has 4 nitrogen and oxygen atoms in total. The fourth-order valence-electron chi connectivity index (χ4n) is 3.37. The van der Waals surface area contributed by atoms with Crippen molar-refractivity contribution in [1.29, 1.82) is 0 Å². The quantitative estimate of drug-likeness (QED) is 0.891. The number of benzene rings is 1. The van der Waals surface area contributed by atoms with Crippen molar-refractivity contribution in [3.8, 4) is 5.75 Å². The number of quaternary nitrogens is 1. The van der Waals surface area contributed by atoms with Crippen molar-refractivity contribution < 1.29 is 14.4 Å². The molecule has 1 aromatic rings. The second-order valence-corrected chi connectivity index (χ2v) is 6.98. The van der Waals surface area contributed by atoms with Crippen molar-refractivity contribution in [1.82, 2.24) is 0 Å². The number of amides is 1. The zero-order valence-corrected chi connectivity index (χ0v) is 14.5. The predicted molar refractivity (Wildman–Crippen MR) is 89.7 cm³/mol. The third kappa shape index (κ3) is 4.14. The molecule has 0 bridgehead atoms.